The molecule has 0 spiro atoms. The molecule has 4 rings (SSSR count). The van der Waals surface area contributed by atoms with Crippen molar-refractivity contribution in [1.82, 2.24) is 29.5 Å². The number of nitrogens with zero attached hydrogens (tertiary/aromatic N) is 6. The maximum Gasteiger partial charge on any atom is 0.225 e. The molecule has 0 radical (unpaired) electrons. The highest BCUT2D eigenvalue weighted by Gasteiger charge is 2.17. The summed E-state index contributed by atoms with van der Waals surface area (Å²) in [7, 11) is 1.81. The number of benzene rings is 1. The van der Waals surface area contributed by atoms with Gasteiger partial charge in [-0.05, 0) is 18.2 Å². The van der Waals surface area contributed by atoms with Gasteiger partial charge in [0.1, 0.15) is 5.69 Å². The van der Waals surface area contributed by atoms with Gasteiger partial charge in [-0.2, -0.15) is 10.2 Å². The van der Waals surface area contributed by atoms with Gasteiger partial charge in [-0.3, -0.25) is 9.48 Å². The fourth-order valence-corrected chi connectivity index (χ4v) is 3.27. The first-order chi connectivity index (χ1) is 12.0. The van der Waals surface area contributed by atoms with Crippen molar-refractivity contribution in [3.8, 4) is 17.1 Å². The molecule has 10 heteroatoms. The average molecular weight is 354 g/mol. The van der Waals surface area contributed by atoms with Crippen molar-refractivity contribution in [2.45, 2.75) is 6.42 Å². The summed E-state index contributed by atoms with van der Waals surface area (Å²) >= 11 is 1.42. The van der Waals surface area contributed by atoms with Crippen LogP contribution in [0.15, 0.2) is 30.6 Å². The molecule has 0 atom stereocenters. The van der Waals surface area contributed by atoms with Crippen LogP contribution in [-0.4, -0.2) is 35.4 Å². The van der Waals surface area contributed by atoms with Crippen LogP contribution < -0.4 is 11.5 Å². The summed E-state index contributed by atoms with van der Waals surface area (Å²) in [4.78, 5) is 20.0. The van der Waals surface area contributed by atoms with Gasteiger partial charge in [-0.25, -0.2) is 14.6 Å². The van der Waals surface area contributed by atoms with Gasteiger partial charge in [0, 0.05) is 12.6 Å². The van der Waals surface area contributed by atoms with E-state index in [0.29, 0.717) is 16.8 Å². The fourth-order valence-electron chi connectivity index (χ4n) is 2.55. The number of aryl methyl sites for hydroxylation is 1. The highest BCUT2D eigenvalue weighted by Crippen LogP contribution is 2.29. The van der Waals surface area contributed by atoms with E-state index in [2.05, 4.69) is 20.2 Å². The van der Waals surface area contributed by atoms with Gasteiger partial charge < -0.3 is 11.5 Å². The minimum atomic E-state index is -0.488. The second kappa shape index (κ2) is 5.67. The number of nitrogens with two attached hydrogens (primary N) is 2. The Bertz CT molecular complexity index is 1090. The van der Waals surface area contributed by atoms with Crippen molar-refractivity contribution in [2.24, 2.45) is 12.8 Å². The van der Waals surface area contributed by atoms with Gasteiger partial charge in [0.2, 0.25) is 5.91 Å². The predicted octanol–water partition coefficient (Wildman–Crippen LogP) is 0.888. The predicted molar refractivity (Wildman–Crippen MR) is 94.0 cm³/mol. The summed E-state index contributed by atoms with van der Waals surface area (Å²) in [5, 5.41) is 9.07. The molecule has 3 aromatic heterocycles. The molecule has 1 aromatic carbocycles. The first-order valence-corrected chi connectivity index (χ1v) is 8.21. The largest absolute Gasteiger partial charge is 0.375 e. The Hall–Kier alpha value is -3.27. The van der Waals surface area contributed by atoms with Crippen LogP contribution in [0.25, 0.3) is 27.3 Å². The van der Waals surface area contributed by atoms with E-state index in [9.17, 15) is 4.79 Å². The van der Waals surface area contributed by atoms with Gasteiger partial charge in [0.25, 0.3) is 0 Å². The third-order valence-electron chi connectivity index (χ3n) is 3.58. The molecule has 1 amide bonds. The summed E-state index contributed by atoms with van der Waals surface area (Å²) in [5.41, 5.74) is 13.4. The first-order valence-electron chi connectivity index (χ1n) is 7.39. The number of primary amides is 1. The molecule has 0 bridgehead atoms. The lowest BCUT2D eigenvalue weighted by Gasteiger charge is -2.03. The Morgan fingerprint density at radius 3 is 2.88 bits per heavy atom. The van der Waals surface area contributed by atoms with E-state index < -0.39 is 5.91 Å². The number of aromatic nitrogens is 6. The van der Waals surface area contributed by atoms with E-state index in [-0.39, 0.29) is 6.42 Å². The smallest absolute Gasteiger partial charge is 0.225 e. The van der Waals surface area contributed by atoms with Crippen molar-refractivity contribution in [1.29, 1.82) is 0 Å². The summed E-state index contributed by atoms with van der Waals surface area (Å²) in [6, 6.07) is 5.76. The Kier molecular flexibility index (Phi) is 3.46. The van der Waals surface area contributed by atoms with E-state index >= 15 is 0 Å². The Labute approximate surface area is 145 Å². The third-order valence-corrected chi connectivity index (χ3v) is 4.45. The Morgan fingerprint density at radius 1 is 1.32 bits per heavy atom. The van der Waals surface area contributed by atoms with Crippen molar-refractivity contribution in [3.63, 3.8) is 0 Å². The Balaban J connectivity index is 1.88. The number of hydrogen-bond acceptors (Lipinski definition) is 7. The van der Waals surface area contributed by atoms with Crippen molar-refractivity contribution in [2.75, 3.05) is 5.73 Å². The van der Waals surface area contributed by atoms with E-state index in [1.165, 1.54) is 11.3 Å². The van der Waals surface area contributed by atoms with Gasteiger partial charge >= 0.3 is 0 Å². The molecule has 0 fully saturated rings. The lowest BCUT2D eigenvalue weighted by atomic mass is 10.2. The van der Waals surface area contributed by atoms with Crippen molar-refractivity contribution >= 4 is 32.6 Å². The number of rotatable bonds is 4. The second-order valence-electron chi connectivity index (χ2n) is 5.51. The zero-order chi connectivity index (χ0) is 17.6. The molecule has 9 nitrogen and oxygen atoms in total. The topological polar surface area (TPSA) is 131 Å². The number of hydrogen-bond donors (Lipinski definition) is 2. The van der Waals surface area contributed by atoms with Crippen LogP contribution in [0.1, 0.15) is 5.82 Å². The Morgan fingerprint density at radius 2 is 2.16 bits per heavy atom. The summed E-state index contributed by atoms with van der Waals surface area (Å²) in [6.07, 6.45) is 3.45. The van der Waals surface area contributed by atoms with Gasteiger partial charge in [0.05, 0.1) is 29.0 Å². The monoisotopic (exact) mass is 354 g/mol. The number of carbonyl (C=O) groups excluding carboxylic acids is 1. The van der Waals surface area contributed by atoms with E-state index in [1.807, 2.05) is 31.4 Å². The number of nitrogen functional groups attached to an aromatic ring is 1. The maximum absolute atomic E-state index is 11.2. The van der Waals surface area contributed by atoms with E-state index in [0.717, 1.165) is 21.5 Å². The van der Waals surface area contributed by atoms with Crippen LogP contribution in [0.2, 0.25) is 0 Å². The molecule has 0 aliphatic carbocycles. The van der Waals surface area contributed by atoms with Gasteiger partial charge in [-0.15, -0.1) is 0 Å². The SMILES string of the molecule is Cn1cc(-n2nc(CC(N)=O)nc2-c2ccc3sc(N)nc3c2)cn1. The standard InChI is InChI=1S/C15H14N8OS/c1-22-7-9(6-18-22)23-14(20-13(21-23)5-12(16)24)8-2-3-11-10(4-8)19-15(17)25-11/h2-4,6-7H,5H2,1H3,(H2,16,24)(H2,17,19). The summed E-state index contributed by atoms with van der Waals surface area (Å²) in [5.74, 6) is 0.444. The van der Waals surface area contributed by atoms with Crippen LogP contribution in [0, 0.1) is 0 Å². The molecule has 0 unspecified atom stereocenters. The zero-order valence-corrected chi connectivity index (χ0v) is 14.1. The lowest BCUT2D eigenvalue weighted by Crippen LogP contribution is -2.14. The molecular weight excluding hydrogens is 340 g/mol. The molecule has 126 valence electrons. The molecule has 0 aliphatic rings. The van der Waals surface area contributed by atoms with Gasteiger partial charge in [0.15, 0.2) is 16.8 Å². The third kappa shape index (κ3) is 2.83. The minimum Gasteiger partial charge on any atom is -0.375 e. The minimum absolute atomic E-state index is 0.0356. The van der Waals surface area contributed by atoms with Crippen molar-refractivity contribution < 1.29 is 4.79 Å². The molecule has 0 aliphatic heterocycles. The molecule has 0 saturated heterocycles. The van der Waals surface area contributed by atoms with Crippen LogP contribution >= 0.6 is 11.3 Å². The van der Waals surface area contributed by atoms with E-state index in [4.69, 9.17) is 11.5 Å². The molecule has 3 heterocycles. The first kappa shape index (κ1) is 15.3. The lowest BCUT2D eigenvalue weighted by molar-refractivity contribution is -0.117. The van der Waals surface area contributed by atoms with Crippen LogP contribution in [0.5, 0.6) is 0 Å². The normalized spacial score (nSPS) is 11.2. The number of thiazole rings is 1. The molecule has 4 N–H and O–H groups in total. The van der Waals surface area contributed by atoms with Gasteiger partial charge in [-0.1, -0.05) is 11.3 Å². The fraction of sp³-hybridized carbons (Fsp3) is 0.133. The number of anilines is 1. The quantitative estimate of drug-likeness (QED) is 0.559. The zero-order valence-electron chi connectivity index (χ0n) is 13.2. The number of amides is 1. The van der Waals surface area contributed by atoms with Crippen LogP contribution in [0.4, 0.5) is 5.13 Å². The summed E-state index contributed by atoms with van der Waals surface area (Å²) < 4.78 is 4.30. The van der Waals surface area contributed by atoms with Crippen LogP contribution in [0.3, 0.4) is 0 Å². The number of fused-ring (bicyclic) bond motifs is 1. The number of carbonyl (C=O) groups is 1. The van der Waals surface area contributed by atoms with E-state index in [1.54, 1.807) is 15.6 Å². The summed E-state index contributed by atoms with van der Waals surface area (Å²) in [6.45, 7) is 0. The maximum atomic E-state index is 11.2. The highest BCUT2D eigenvalue weighted by molar-refractivity contribution is 7.22. The molecule has 25 heavy (non-hydrogen) atoms. The molecule has 0 saturated carbocycles. The molecular formula is C15H14N8OS. The van der Waals surface area contributed by atoms with Crippen LogP contribution in [-0.2, 0) is 18.3 Å². The van der Waals surface area contributed by atoms with Crippen molar-refractivity contribution in [3.05, 3.63) is 36.4 Å². The highest BCUT2D eigenvalue weighted by atomic mass is 32.1. The molecule has 4 aromatic rings. The average Bonchev–Trinajstić information content (AvgIpc) is 3.23. The second-order valence-corrected chi connectivity index (χ2v) is 6.58.